The zero-order valence-electron chi connectivity index (χ0n) is 15.6. The second-order valence-electron chi connectivity index (χ2n) is 8.36. The lowest BCUT2D eigenvalue weighted by Crippen LogP contribution is -2.50. The Kier molecular flexibility index (Phi) is 5.95. The lowest BCUT2D eigenvalue weighted by Gasteiger charge is -2.39. The van der Waals surface area contributed by atoms with E-state index in [1.165, 1.54) is 24.0 Å². The molecule has 1 aliphatic heterocycles. The lowest BCUT2D eigenvalue weighted by atomic mass is 9.72. The van der Waals surface area contributed by atoms with Gasteiger partial charge >= 0.3 is 0 Å². The maximum atomic E-state index is 12.9. The van der Waals surface area contributed by atoms with Crippen LogP contribution in [0.25, 0.3) is 0 Å². The van der Waals surface area contributed by atoms with E-state index in [0.717, 1.165) is 32.5 Å². The van der Waals surface area contributed by atoms with Gasteiger partial charge in [-0.2, -0.15) is 0 Å². The Morgan fingerprint density at radius 1 is 1.23 bits per heavy atom. The molecule has 0 aromatic heterocycles. The Morgan fingerprint density at radius 2 is 1.92 bits per heavy atom. The first-order valence-electron chi connectivity index (χ1n) is 9.78. The topological polar surface area (TPSA) is 64.4 Å². The smallest absolute Gasteiger partial charge is 0.224 e. The van der Waals surface area contributed by atoms with Gasteiger partial charge in [0.15, 0.2) is 0 Å². The van der Waals surface area contributed by atoms with Crippen LogP contribution in [0.5, 0.6) is 0 Å². The van der Waals surface area contributed by atoms with Crippen LogP contribution in [0.1, 0.15) is 43.2 Å². The van der Waals surface area contributed by atoms with Gasteiger partial charge < -0.3 is 15.8 Å². The number of aryl methyl sites for hydroxylation is 1. The van der Waals surface area contributed by atoms with E-state index in [-0.39, 0.29) is 35.7 Å². The number of carbonyl (C=O) groups is 1. The number of ether oxygens (including phenoxy) is 1. The number of carbonyl (C=O) groups excluding carboxylic acids is 1. The van der Waals surface area contributed by atoms with E-state index in [1.807, 2.05) is 0 Å². The monoisotopic (exact) mass is 378 g/mol. The zero-order valence-corrected chi connectivity index (χ0v) is 16.4. The van der Waals surface area contributed by atoms with Crippen LogP contribution in [0.15, 0.2) is 24.3 Å². The third kappa shape index (κ3) is 3.39. The fraction of sp³-hybridized carbons (Fsp3) is 0.667. The van der Waals surface area contributed by atoms with E-state index in [4.69, 9.17) is 10.5 Å². The highest BCUT2D eigenvalue weighted by molar-refractivity contribution is 5.85. The predicted molar refractivity (Wildman–Crippen MR) is 105 cm³/mol. The molecule has 5 heteroatoms. The van der Waals surface area contributed by atoms with Crippen molar-refractivity contribution in [2.45, 2.75) is 50.5 Å². The molecule has 4 unspecified atom stereocenters. The Hall–Kier alpha value is -1.10. The normalized spacial score (nSPS) is 32.1. The van der Waals surface area contributed by atoms with E-state index in [9.17, 15) is 4.79 Å². The summed E-state index contributed by atoms with van der Waals surface area (Å²) in [6, 6.07) is 8.63. The number of amides is 1. The Balaban J connectivity index is 0.00000196. The Bertz CT molecular complexity index is 643. The zero-order chi connectivity index (χ0) is 17.4. The molecule has 4 nitrogen and oxygen atoms in total. The number of nitrogens with one attached hydrogen (secondary N) is 1. The predicted octanol–water partition coefficient (Wildman–Crippen LogP) is 2.95. The summed E-state index contributed by atoms with van der Waals surface area (Å²) in [7, 11) is 0. The van der Waals surface area contributed by atoms with E-state index in [2.05, 4.69) is 36.5 Å². The first kappa shape index (κ1) is 19.7. The van der Waals surface area contributed by atoms with Crippen molar-refractivity contribution >= 4 is 18.3 Å². The van der Waals surface area contributed by atoms with Crippen molar-refractivity contribution in [1.29, 1.82) is 0 Å². The molecule has 26 heavy (non-hydrogen) atoms. The number of nitrogens with two attached hydrogens (primary N) is 1. The highest BCUT2D eigenvalue weighted by Gasteiger charge is 2.49. The van der Waals surface area contributed by atoms with Crippen LogP contribution < -0.4 is 11.1 Å². The van der Waals surface area contributed by atoms with Crippen molar-refractivity contribution in [1.82, 2.24) is 5.32 Å². The SMILES string of the molecule is Cc1ccccc1C1(CNC(=O)C2C3CCC(C3)C2N)CCOCC1.Cl. The van der Waals surface area contributed by atoms with Gasteiger partial charge in [0.2, 0.25) is 5.91 Å². The summed E-state index contributed by atoms with van der Waals surface area (Å²) >= 11 is 0. The average molecular weight is 379 g/mol. The Morgan fingerprint density at radius 3 is 2.58 bits per heavy atom. The molecule has 0 radical (unpaired) electrons. The van der Waals surface area contributed by atoms with Crippen LogP contribution in [-0.4, -0.2) is 31.7 Å². The largest absolute Gasteiger partial charge is 0.381 e. The minimum absolute atomic E-state index is 0. The van der Waals surface area contributed by atoms with Gasteiger partial charge in [-0.1, -0.05) is 24.3 Å². The highest BCUT2D eigenvalue weighted by Crippen LogP contribution is 2.47. The standard InChI is InChI=1S/C21H30N2O2.ClH/c1-14-4-2-3-5-17(14)21(8-10-25-11-9-21)13-23-20(24)18-15-6-7-16(12-15)19(18)22;/h2-5,15-16,18-19H,6-13,22H2,1H3,(H,23,24);1H. The molecule has 1 heterocycles. The van der Waals surface area contributed by atoms with E-state index in [1.54, 1.807) is 0 Å². The maximum absolute atomic E-state index is 12.9. The first-order chi connectivity index (χ1) is 12.1. The van der Waals surface area contributed by atoms with E-state index < -0.39 is 0 Å². The third-order valence-corrected chi connectivity index (χ3v) is 7.05. The summed E-state index contributed by atoms with van der Waals surface area (Å²) in [6.07, 6.45) is 5.45. The third-order valence-electron chi connectivity index (χ3n) is 7.05. The molecule has 2 saturated carbocycles. The molecule has 2 bridgehead atoms. The molecule has 1 aromatic carbocycles. The fourth-order valence-corrected chi connectivity index (χ4v) is 5.57. The van der Waals surface area contributed by atoms with Crippen molar-refractivity contribution in [3.8, 4) is 0 Å². The van der Waals surface area contributed by atoms with E-state index in [0.29, 0.717) is 18.4 Å². The molecule has 4 rings (SSSR count). The number of halogens is 1. The average Bonchev–Trinajstić information content (AvgIpc) is 3.22. The molecule has 0 spiro atoms. The van der Waals surface area contributed by atoms with Gasteiger partial charge in [-0.25, -0.2) is 0 Å². The van der Waals surface area contributed by atoms with Crippen molar-refractivity contribution in [3.05, 3.63) is 35.4 Å². The number of hydrogen-bond acceptors (Lipinski definition) is 3. The van der Waals surface area contributed by atoms with Crippen molar-refractivity contribution in [2.75, 3.05) is 19.8 Å². The first-order valence-corrected chi connectivity index (χ1v) is 9.78. The van der Waals surface area contributed by atoms with Crippen LogP contribution in [0.3, 0.4) is 0 Å². The second kappa shape index (κ2) is 7.87. The summed E-state index contributed by atoms with van der Waals surface area (Å²) in [4.78, 5) is 12.9. The van der Waals surface area contributed by atoms with E-state index >= 15 is 0 Å². The lowest BCUT2D eigenvalue weighted by molar-refractivity contribution is -0.127. The molecule has 3 fully saturated rings. The minimum Gasteiger partial charge on any atom is -0.381 e. The van der Waals surface area contributed by atoms with Crippen LogP contribution in [-0.2, 0) is 14.9 Å². The molecule has 4 atom stereocenters. The second-order valence-corrected chi connectivity index (χ2v) is 8.36. The summed E-state index contributed by atoms with van der Waals surface area (Å²) in [5, 5.41) is 3.30. The van der Waals surface area contributed by atoms with Gasteiger partial charge in [0, 0.05) is 31.2 Å². The van der Waals surface area contributed by atoms with Crippen molar-refractivity contribution in [3.63, 3.8) is 0 Å². The van der Waals surface area contributed by atoms with Crippen molar-refractivity contribution < 1.29 is 9.53 Å². The van der Waals surface area contributed by atoms with Crippen LogP contribution in [0.2, 0.25) is 0 Å². The molecule has 144 valence electrons. The summed E-state index contributed by atoms with van der Waals surface area (Å²) in [6.45, 7) is 4.39. The Labute approximate surface area is 162 Å². The molecule has 1 saturated heterocycles. The van der Waals surface area contributed by atoms with Crippen LogP contribution in [0.4, 0.5) is 0 Å². The van der Waals surface area contributed by atoms with Gasteiger partial charge in [-0.15, -0.1) is 12.4 Å². The summed E-state index contributed by atoms with van der Waals surface area (Å²) < 4.78 is 5.62. The number of hydrogen-bond donors (Lipinski definition) is 2. The highest BCUT2D eigenvalue weighted by atomic mass is 35.5. The summed E-state index contributed by atoms with van der Waals surface area (Å²) in [5.74, 6) is 1.27. The minimum atomic E-state index is -0.0129. The number of rotatable bonds is 4. The number of fused-ring (bicyclic) bond motifs is 2. The molecule has 3 aliphatic rings. The molecular weight excluding hydrogens is 348 g/mol. The van der Waals surface area contributed by atoms with Gasteiger partial charge in [-0.3, -0.25) is 4.79 Å². The van der Waals surface area contributed by atoms with Gasteiger partial charge in [0.1, 0.15) is 0 Å². The van der Waals surface area contributed by atoms with Gasteiger partial charge in [0.05, 0.1) is 5.92 Å². The maximum Gasteiger partial charge on any atom is 0.224 e. The van der Waals surface area contributed by atoms with Gasteiger partial charge in [0.25, 0.3) is 0 Å². The quantitative estimate of drug-likeness (QED) is 0.846. The molecule has 1 aromatic rings. The molecule has 2 aliphatic carbocycles. The van der Waals surface area contributed by atoms with Crippen LogP contribution in [0, 0.1) is 24.7 Å². The molecule has 1 amide bonds. The summed E-state index contributed by atoms with van der Waals surface area (Å²) in [5.41, 5.74) is 9.01. The molecule has 3 N–H and O–H groups in total. The molecular formula is C21H31ClN2O2. The fourth-order valence-electron chi connectivity index (χ4n) is 5.57. The van der Waals surface area contributed by atoms with Crippen LogP contribution >= 0.6 is 12.4 Å². The van der Waals surface area contributed by atoms with Gasteiger partial charge in [-0.05, 0) is 62.0 Å². The van der Waals surface area contributed by atoms with Crippen molar-refractivity contribution in [2.24, 2.45) is 23.5 Å². The number of benzene rings is 1.